The highest BCUT2D eigenvalue weighted by molar-refractivity contribution is 7.22. The van der Waals surface area contributed by atoms with Crippen LogP contribution in [0.1, 0.15) is 11.3 Å². The highest BCUT2D eigenvalue weighted by atomic mass is 32.1. The van der Waals surface area contributed by atoms with Crippen molar-refractivity contribution in [3.05, 3.63) is 50.1 Å². The van der Waals surface area contributed by atoms with Gasteiger partial charge in [0.1, 0.15) is 4.70 Å². The van der Waals surface area contributed by atoms with Crippen molar-refractivity contribution in [3.8, 4) is 0 Å². The molecule has 3 heterocycles. The Morgan fingerprint density at radius 3 is 2.74 bits per heavy atom. The van der Waals surface area contributed by atoms with Crippen molar-refractivity contribution >= 4 is 32.2 Å². The number of rotatable bonds is 2. The zero-order chi connectivity index (χ0) is 19.3. The van der Waals surface area contributed by atoms with Crippen LogP contribution in [0.15, 0.2) is 23.1 Å². The van der Waals surface area contributed by atoms with Crippen molar-refractivity contribution < 1.29 is 18.1 Å². The van der Waals surface area contributed by atoms with E-state index in [9.17, 15) is 28.1 Å². The van der Waals surface area contributed by atoms with Gasteiger partial charge in [-0.15, -0.1) is 5.10 Å². The van der Waals surface area contributed by atoms with E-state index in [1.165, 1.54) is 0 Å². The van der Waals surface area contributed by atoms with E-state index < -0.39 is 33.3 Å². The summed E-state index contributed by atoms with van der Waals surface area (Å²) in [5, 5.41) is 18.8. The lowest BCUT2D eigenvalue weighted by atomic mass is 10.1. The number of benzene rings is 1. The number of hydrogen-bond donors (Lipinski definition) is 0. The van der Waals surface area contributed by atoms with Crippen molar-refractivity contribution in [2.45, 2.75) is 19.3 Å². The van der Waals surface area contributed by atoms with Gasteiger partial charge in [-0.2, -0.15) is 18.2 Å². The Morgan fingerprint density at radius 2 is 2.04 bits per heavy atom. The predicted molar refractivity (Wildman–Crippen MR) is 88.6 cm³/mol. The van der Waals surface area contributed by atoms with Gasteiger partial charge < -0.3 is 4.90 Å². The molecule has 13 heteroatoms. The molecule has 27 heavy (non-hydrogen) atoms. The first kappa shape index (κ1) is 17.3. The molecule has 3 aromatic rings. The third-order valence-corrected chi connectivity index (χ3v) is 5.28. The van der Waals surface area contributed by atoms with Crippen LogP contribution in [0.25, 0.3) is 10.1 Å². The Hall–Kier alpha value is -3.09. The van der Waals surface area contributed by atoms with Gasteiger partial charge in [0.15, 0.2) is 5.13 Å². The number of aromatic nitrogens is 4. The van der Waals surface area contributed by atoms with Crippen LogP contribution in [0.2, 0.25) is 0 Å². The predicted octanol–water partition coefficient (Wildman–Crippen LogP) is 2.20. The summed E-state index contributed by atoms with van der Waals surface area (Å²) in [6.45, 7) is 1.24. The molecule has 0 aliphatic carbocycles. The van der Waals surface area contributed by atoms with E-state index in [0.29, 0.717) is 31.8 Å². The number of hydrogen-bond acceptors (Lipinski definition) is 8. The van der Waals surface area contributed by atoms with E-state index in [1.807, 2.05) is 0 Å². The quantitative estimate of drug-likeness (QED) is 0.481. The van der Waals surface area contributed by atoms with Gasteiger partial charge in [-0.3, -0.25) is 14.9 Å². The summed E-state index contributed by atoms with van der Waals surface area (Å²) in [6, 6.07) is 1.05. The SMILES string of the molecule is O=c1nc(N2CCn3nncc3C2)sc2c([N+](=O)[O-])cc(C(F)(F)F)cc12. The molecule has 4 rings (SSSR count). The minimum atomic E-state index is -4.81. The fourth-order valence-electron chi connectivity index (χ4n) is 2.82. The van der Waals surface area contributed by atoms with Crippen LogP contribution in [-0.4, -0.2) is 31.4 Å². The molecule has 140 valence electrons. The van der Waals surface area contributed by atoms with Gasteiger partial charge >= 0.3 is 6.18 Å². The maximum Gasteiger partial charge on any atom is 0.416 e. The molecule has 0 bridgehead atoms. The van der Waals surface area contributed by atoms with E-state index in [-0.39, 0.29) is 9.83 Å². The van der Waals surface area contributed by atoms with Gasteiger partial charge in [0.05, 0.1) is 40.9 Å². The summed E-state index contributed by atoms with van der Waals surface area (Å²) in [5.74, 6) is 0. The molecule has 0 saturated heterocycles. The van der Waals surface area contributed by atoms with Gasteiger partial charge in [0.2, 0.25) is 0 Å². The number of anilines is 1. The molecular weight excluding hydrogens is 389 g/mol. The summed E-state index contributed by atoms with van der Waals surface area (Å²) in [5.41, 5.74) is -2.20. The Balaban J connectivity index is 1.87. The van der Waals surface area contributed by atoms with E-state index in [0.717, 1.165) is 17.0 Å². The average Bonchev–Trinajstić information content (AvgIpc) is 3.07. The number of non-ortho nitro benzene ring substituents is 1. The second-order valence-electron chi connectivity index (χ2n) is 5.80. The molecule has 0 spiro atoms. The molecule has 0 atom stereocenters. The first-order valence-corrected chi connectivity index (χ1v) is 8.38. The number of nitro groups is 1. The molecule has 0 radical (unpaired) electrons. The standard InChI is InChI=1S/C14H9F3N6O3S/c15-14(16,17)7-3-9-11(10(4-7)23(25)26)27-13(19-12(9)24)21-1-2-22-8(6-21)5-18-20-22/h3-5H,1-2,6H2. The molecule has 0 unspecified atom stereocenters. The van der Waals surface area contributed by atoms with Crippen molar-refractivity contribution in [3.63, 3.8) is 0 Å². The molecule has 9 nitrogen and oxygen atoms in total. The summed E-state index contributed by atoms with van der Waals surface area (Å²) < 4.78 is 40.6. The van der Waals surface area contributed by atoms with Gasteiger partial charge in [-0.1, -0.05) is 16.6 Å². The minimum Gasteiger partial charge on any atom is -0.340 e. The molecule has 0 fully saturated rings. The van der Waals surface area contributed by atoms with Crippen LogP contribution in [0.3, 0.4) is 0 Å². The Morgan fingerprint density at radius 1 is 1.26 bits per heavy atom. The molecule has 0 amide bonds. The van der Waals surface area contributed by atoms with Crippen LogP contribution in [0, 0.1) is 10.1 Å². The Kier molecular flexibility index (Phi) is 3.83. The number of halogens is 3. The highest BCUT2D eigenvalue weighted by Gasteiger charge is 2.34. The average molecular weight is 398 g/mol. The van der Waals surface area contributed by atoms with Crippen molar-refractivity contribution in [1.82, 2.24) is 20.0 Å². The Labute approximate surface area is 151 Å². The van der Waals surface area contributed by atoms with Gasteiger partial charge in [0, 0.05) is 12.6 Å². The van der Waals surface area contributed by atoms with Crippen molar-refractivity contribution in [2.75, 3.05) is 11.4 Å². The zero-order valence-electron chi connectivity index (χ0n) is 13.3. The second-order valence-corrected chi connectivity index (χ2v) is 6.78. The fourth-order valence-corrected chi connectivity index (χ4v) is 3.91. The lowest BCUT2D eigenvalue weighted by molar-refractivity contribution is -0.383. The number of nitrogens with zero attached hydrogens (tertiary/aromatic N) is 6. The van der Waals surface area contributed by atoms with Crippen LogP contribution in [0.5, 0.6) is 0 Å². The number of nitro benzene ring substituents is 1. The summed E-state index contributed by atoms with van der Waals surface area (Å²) in [7, 11) is 0. The monoisotopic (exact) mass is 398 g/mol. The number of fused-ring (bicyclic) bond motifs is 2. The van der Waals surface area contributed by atoms with Crippen molar-refractivity contribution in [2.24, 2.45) is 0 Å². The third-order valence-electron chi connectivity index (χ3n) is 4.12. The number of alkyl halides is 3. The lowest BCUT2D eigenvalue weighted by Gasteiger charge is -2.27. The molecule has 1 aliphatic heterocycles. The van der Waals surface area contributed by atoms with Gasteiger partial charge in [-0.05, 0) is 6.07 Å². The van der Waals surface area contributed by atoms with Crippen LogP contribution >= 0.6 is 11.3 Å². The first-order valence-electron chi connectivity index (χ1n) is 7.57. The molecule has 1 aromatic carbocycles. The molecule has 2 aromatic heterocycles. The summed E-state index contributed by atoms with van der Waals surface area (Å²) in [6.07, 6.45) is -3.26. The van der Waals surface area contributed by atoms with E-state index >= 15 is 0 Å². The fraction of sp³-hybridized carbons (Fsp3) is 0.286. The summed E-state index contributed by atoms with van der Waals surface area (Å²) in [4.78, 5) is 28.3. The van der Waals surface area contributed by atoms with Gasteiger partial charge in [-0.25, -0.2) is 4.68 Å². The minimum absolute atomic E-state index is 0.139. The van der Waals surface area contributed by atoms with E-state index in [2.05, 4.69) is 15.3 Å². The topological polar surface area (TPSA) is 107 Å². The van der Waals surface area contributed by atoms with E-state index in [4.69, 9.17) is 0 Å². The van der Waals surface area contributed by atoms with E-state index in [1.54, 1.807) is 15.8 Å². The van der Waals surface area contributed by atoms with Crippen LogP contribution in [0.4, 0.5) is 24.0 Å². The van der Waals surface area contributed by atoms with Gasteiger partial charge in [0.25, 0.3) is 11.2 Å². The Bertz CT molecular complexity index is 1130. The molecule has 0 N–H and O–H groups in total. The maximum absolute atomic E-state index is 13.0. The zero-order valence-corrected chi connectivity index (χ0v) is 14.1. The van der Waals surface area contributed by atoms with Crippen LogP contribution < -0.4 is 10.5 Å². The largest absolute Gasteiger partial charge is 0.416 e. The lowest BCUT2D eigenvalue weighted by Crippen LogP contribution is -2.34. The second kappa shape index (κ2) is 5.97. The smallest absolute Gasteiger partial charge is 0.340 e. The molecule has 0 saturated carbocycles. The maximum atomic E-state index is 13.0. The third kappa shape index (κ3) is 2.99. The molecular formula is C14H9F3N6O3S. The molecule has 1 aliphatic rings. The van der Waals surface area contributed by atoms with Crippen molar-refractivity contribution in [1.29, 1.82) is 0 Å². The highest BCUT2D eigenvalue weighted by Crippen LogP contribution is 2.38. The normalized spacial score (nSPS) is 14.4. The summed E-state index contributed by atoms with van der Waals surface area (Å²) >= 11 is 0.815. The van der Waals surface area contributed by atoms with Crippen LogP contribution in [-0.2, 0) is 19.3 Å². The first-order chi connectivity index (χ1) is 12.7.